The molecule has 0 nitrogen and oxygen atoms in total. The zero-order valence-electron chi connectivity index (χ0n) is 5.27. The van der Waals surface area contributed by atoms with Crippen LogP contribution in [-0.2, 0) is 0 Å². The molecule has 0 aliphatic heterocycles. The molecule has 0 heterocycles. The Kier molecular flexibility index (Phi) is 1.81. The van der Waals surface area contributed by atoms with Crippen molar-refractivity contribution in [1.29, 1.82) is 0 Å². The first-order chi connectivity index (χ1) is 4.74. The SMILES string of the molecule is C=Cc1ccc(F)c(F)c1. The average Bonchev–Trinajstić information content (AvgIpc) is 1.95. The fourth-order valence-corrected chi connectivity index (χ4v) is 0.639. The van der Waals surface area contributed by atoms with Crippen LogP contribution < -0.4 is 0 Å². The molecule has 0 saturated heterocycles. The Morgan fingerprint density at radius 3 is 2.40 bits per heavy atom. The lowest BCUT2D eigenvalue weighted by Gasteiger charge is -1.92. The molecule has 0 aromatic heterocycles. The second-order valence-corrected chi connectivity index (χ2v) is 1.88. The zero-order valence-corrected chi connectivity index (χ0v) is 5.27. The minimum Gasteiger partial charge on any atom is -0.204 e. The molecule has 1 aromatic carbocycles. The lowest BCUT2D eigenvalue weighted by atomic mass is 10.2. The standard InChI is InChI=1S/C8H6F2/c1-2-6-3-4-7(9)8(10)5-6/h2-5H,1H2. The van der Waals surface area contributed by atoms with Crippen molar-refractivity contribution < 1.29 is 8.78 Å². The Morgan fingerprint density at radius 2 is 1.90 bits per heavy atom. The van der Waals surface area contributed by atoms with Gasteiger partial charge in [0.15, 0.2) is 11.6 Å². The molecule has 0 radical (unpaired) electrons. The maximum Gasteiger partial charge on any atom is 0.159 e. The molecule has 0 aliphatic carbocycles. The quantitative estimate of drug-likeness (QED) is 0.562. The summed E-state index contributed by atoms with van der Waals surface area (Å²) >= 11 is 0. The second kappa shape index (κ2) is 2.60. The van der Waals surface area contributed by atoms with Gasteiger partial charge in [-0.05, 0) is 17.7 Å². The van der Waals surface area contributed by atoms with Crippen LogP contribution in [0.2, 0.25) is 0 Å². The van der Waals surface area contributed by atoms with Gasteiger partial charge in [-0.15, -0.1) is 0 Å². The van der Waals surface area contributed by atoms with Gasteiger partial charge in [0.25, 0.3) is 0 Å². The van der Waals surface area contributed by atoms with Gasteiger partial charge in [-0.1, -0.05) is 18.7 Å². The van der Waals surface area contributed by atoms with E-state index in [4.69, 9.17) is 0 Å². The van der Waals surface area contributed by atoms with E-state index >= 15 is 0 Å². The predicted molar refractivity (Wildman–Crippen MR) is 36.4 cm³/mol. The first-order valence-electron chi connectivity index (χ1n) is 2.81. The Morgan fingerprint density at radius 1 is 1.20 bits per heavy atom. The van der Waals surface area contributed by atoms with E-state index in [9.17, 15) is 8.78 Å². The molecule has 0 fully saturated rings. The van der Waals surface area contributed by atoms with Crippen molar-refractivity contribution in [3.05, 3.63) is 42.0 Å². The number of hydrogen-bond acceptors (Lipinski definition) is 0. The monoisotopic (exact) mass is 140 g/mol. The van der Waals surface area contributed by atoms with Gasteiger partial charge < -0.3 is 0 Å². The van der Waals surface area contributed by atoms with Crippen LogP contribution in [0, 0.1) is 11.6 Å². The molecule has 1 aromatic rings. The number of rotatable bonds is 1. The Bertz CT molecular complexity index is 253. The normalized spacial score (nSPS) is 9.40. The fraction of sp³-hybridized carbons (Fsp3) is 0. The van der Waals surface area contributed by atoms with Gasteiger partial charge in [-0.3, -0.25) is 0 Å². The van der Waals surface area contributed by atoms with Crippen LogP contribution in [0.1, 0.15) is 5.56 Å². The highest BCUT2D eigenvalue weighted by molar-refractivity contribution is 5.46. The van der Waals surface area contributed by atoms with Gasteiger partial charge in [0.2, 0.25) is 0 Å². The highest BCUT2D eigenvalue weighted by Gasteiger charge is 1.98. The summed E-state index contributed by atoms with van der Waals surface area (Å²) in [6.45, 7) is 3.41. The molecule has 0 saturated carbocycles. The van der Waals surface area contributed by atoms with E-state index in [1.807, 2.05) is 0 Å². The van der Waals surface area contributed by atoms with Crippen molar-refractivity contribution in [2.45, 2.75) is 0 Å². The van der Waals surface area contributed by atoms with Gasteiger partial charge in [0.1, 0.15) is 0 Å². The van der Waals surface area contributed by atoms with Gasteiger partial charge >= 0.3 is 0 Å². The van der Waals surface area contributed by atoms with Crippen molar-refractivity contribution in [2.24, 2.45) is 0 Å². The molecule has 0 atom stereocenters. The topological polar surface area (TPSA) is 0 Å². The molecule has 0 spiro atoms. The van der Waals surface area contributed by atoms with Gasteiger partial charge in [0, 0.05) is 0 Å². The molecule has 0 aliphatic rings. The van der Waals surface area contributed by atoms with E-state index in [-0.39, 0.29) is 0 Å². The van der Waals surface area contributed by atoms with Crippen molar-refractivity contribution in [2.75, 3.05) is 0 Å². The smallest absolute Gasteiger partial charge is 0.159 e. The molecule has 0 bridgehead atoms. The van der Waals surface area contributed by atoms with E-state index in [1.54, 1.807) is 0 Å². The first-order valence-corrected chi connectivity index (χ1v) is 2.81. The van der Waals surface area contributed by atoms with E-state index in [0.29, 0.717) is 5.56 Å². The third kappa shape index (κ3) is 1.21. The lowest BCUT2D eigenvalue weighted by molar-refractivity contribution is 0.508. The molecule has 52 valence electrons. The van der Waals surface area contributed by atoms with Crippen LogP contribution in [0.4, 0.5) is 8.78 Å². The van der Waals surface area contributed by atoms with Crippen LogP contribution in [-0.4, -0.2) is 0 Å². The maximum absolute atomic E-state index is 12.3. The highest BCUT2D eigenvalue weighted by Crippen LogP contribution is 2.08. The number of halogens is 2. The van der Waals surface area contributed by atoms with Crippen molar-refractivity contribution in [3.8, 4) is 0 Å². The summed E-state index contributed by atoms with van der Waals surface area (Å²) in [4.78, 5) is 0. The minimum absolute atomic E-state index is 0.582. The van der Waals surface area contributed by atoms with Gasteiger partial charge in [-0.2, -0.15) is 0 Å². The van der Waals surface area contributed by atoms with Crippen molar-refractivity contribution in [1.82, 2.24) is 0 Å². The number of hydrogen-bond donors (Lipinski definition) is 0. The molecule has 0 N–H and O–H groups in total. The second-order valence-electron chi connectivity index (χ2n) is 1.88. The average molecular weight is 140 g/mol. The summed E-state index contributed by atoms with van der Waals surface area (Å²) in [6.07, 6.45) is 1.46. The summed E-state index contributed by atoms with van der Waals surface area (Å²) in [7, 11) is 0. The molecule has 0 amide bonds. The molecule has 10 heavy (non-hydrogen) atoms. The van der Waals surface area contributed by atoms with E-state index in [2.05, 4.69) is 6.58 Å². The Labute approximate surface area is 57.8 Å². The van der Waals surface area contributed by atoms with Crippen LogP contribution in [0.25, 0.3) is 6.08 Å². The van der Waals surface area contributed by atoms with Crippen LogP contribution in [0.5, 0.6) is 0 Å². The van der Waals surface area contributed by atoms with Crippen LogP contribution >= 0.6 is 0 Å². The van der Waals surface area contributed by atoms with E-state index < -0.39 is 11.6 Å². The third-order valence-electron chi connectivity index (χ3n) is 1.18. The van der Waals surface area contributed by atoms with Gasteiger partial charge in [-0.25, -0.2) is 8.78 Å². The molecule has 2 heteroatoms. The maximum atomic E-state index is 12.3. The number of benzene rings is 1. The highest BCUT2D eigenvalue weighted by atomic mass is 19.2. The Balaban J connectivity index is 3.16. The van der Waals surface area contributed by atoms with E-state index in [1.165, 1.54) is 12.1 Å². The summed E-state index contributed by atoms with van der Waals surface area (Å²) in [6, 6.07) is 3.64. The van der Waals surface area contributed by atoms with Crippen LogP contribution in [0.3, 0.4) is 0 Å². The van der Waals surface area contributed by atoms with Crippen molar-refractivity contribution in [3.63, 3.8) is 0 Å². The Hall–Kier alpha value is -1.18. The predicted octanol–water partition coefficient (Wildman–Crippen LogP) is 2.61. The van der Waals surface area contributed by atoms with Crippen molar-refractivity contribution >= 4 is 6.08 Å². The fourth-order valence-electron chi connectivity index (χ4n) is 0.639. The zero-order chi connectivity index (χ0) is 7.56. The van der Waals surface area contributed by atoms with E-state index in [0.717, 1.165) is 12.1 Å². The lowest BCUT2D eigenvalue weighted by Crippen LogP contribution is -1.82. The molecular formula is C8H6F2. The summed E-state index contributed by atoms with van der Waals surface area (Å²) < 4.78 is 24.6. The van der Waals surface area contributed by atoms with Crippen LogP contribution in [0.15, 0.2) is 24.8 Å². The summed E-state index contributed by atoms with van der Waals surface area (Å²) in [5.74, 6) is -1.66. The largest absolute Gasteiger partial charge is 0.204 e. The molecule has 1 rings (SSSR count). The summed E-state index contributed by atoms with van der Waals surface area (Å²) in [5, 5.41) is 0. The molecular weight excluding hydrogens is 134 g/mol. The first kappa shape index (κ1) is 6.93. The summed E-state index contributed by atoms with van der Waals surface area (Å²) in [5.41, 5.74) is 0.582. The third-order valence-corrected chi connectivity index (χ3v) is 1.18. The molecule has 0 unspecified atom stereocenters. The van der Waals surface area contributed by atoms with Gasteiger partial charge in [0.05, 0.1) is 0 Å². The minimum atomic E-state index is -0.836.